The zero-order valence-electron chi connectivity index (χ0n) is 19.8. The number of hydrogen-bond donors (Lipinski definition) is 1. The van der Waals surface area contributed by atoms with Gasteiger partial charge in [-0.2, -0.15) is 5.10 Å². The van der Waals surface area contributed by atoms with E-state index in [1.807, 2.05) is 26.0 Å². The van der Waals surface area contributed by atoms with Gasteiger partial charge in [-0.1, -0.05) is 12.1 Å². The highest BCUT2D eigenvalue weighted by molar-refractivity contribution is 5.76. The molecule has 3 aromatic rings. The lowest BCUT2D eigenvalue weighted by atomic mass is 10.0. The Hall–Kier alpha value is -3.49. The summed E-state index contributed by atoms with van der Waals surface area (Å²) in [7, 11) is 0. The van der Waals surface area contributed by atoms with Gasteiger partial charge in [-0.25, -0.2) is 18.7 Å². The molecule has 0 unspecified atom stereocenters. The molecule has 4 rings (SSSR count). The van der Waals surface area contributed by atoms with E-state index in [-0.39, 0.29) is 23.9 Å². The number of hydrogen-bond acceptors (Lipinski definition) is 5. The van der Waals surface area contributed by atoms with Crippen molar-refractivity contribution in [1.29, 1.82) is 0 Å². The first-order valence-electron chi connectivity index (χ1n) is 11.7. The lowest BCUT2D eigenvalue weighted by molar-refractivity contribution is -0.122. The van der Waals surface area contributed by atoms with Crippen molar-refractivity contribution in [3.8, 4) is 11.3 Å². The van der Waals surface area contributed by atoms with Crippen LogP contribution in [-0.2, 0) is 16.0 Å². The number of aromatic nitrogens is 3. The third-order valence-corrected chi connectivity index (χ3v) is 6.27. The average Bonchev–Trinajstić information content (AvgIpc) is 3.24. The summed E-state index contributed by atoms with van der Waals surface area (Å²) in [6, 6.07) is 8.22. The Bertz CT molecular complexity index is 1200. The largest absolute Gasteiger partial charge is 0.450 e. The van der Waals surface area contributed by atoms with Crippen LogP contribution in [0.1, 0.15) is 43.1 Å². The molecule has 1 N–H and O–H groups in total. The minimum Gasteiger partial charge on any atom is -0.450 e. The predicted molar refractivity (Wildman–Crippen MR) is 126 cm³/mol. The van der Waals surface area contributed by atoms with E-state index in [0.717, 1.165) is 17.0 Å². The maximum atomic E-state index is 13.6. The van der Waals surface area contributed by atoms with Crippen molar-refractivity contribution in [2.75, 3.05) is 19.7 Å². The minimum atomic E-state index is -0.311. The van der Waals surface area contributed by atoms with Crippen LogP contribution in [-0.4, -0.2) is 57.2 Å². The fraction of sp³-hybridized carbons (Fsp3) is 0.440. The van der Waals surface area contributed by atoms with Gasteiger partial charge >= 0.3 is 6.09 Å². The molecule has 2 amide bonds. The quantitative estimate of drug-likeness (QED) is 0.595. The summed E-state index contributed by atoms with van der Waals surface area (Å²) in [5, 5.41) is 7.72. The van der Waals surface area contributed by atoms with Gasteiger partial charge in [0.2, 0.25) is 5.91 Å². The van der Waals surface area contributed by atoms with Crippen molar-refractivity contribution >= 4 is 17.6 Å². The van der Waals surface area contributed by atoms with Crippen LogP contribution in [0.2, 0.25) is 0 Å². The maximum Gasteiger partial charge on any atom is 0.409 e. The third-order valence-electron chi connectivity index (χ3n) is 6.27. The zero-order valence-corrected chi connectivity index (χ0v) is 19.8. The van der Waals surface area contributed by atoms with Crippen molar-refractivity contribution in [3.05, 3.63) is 53.1 Å². The van der Waals surface area contributed by atoms with Gasteiger partial charge in [-0.3, -0.25) is 4.79 Å². The number of carbonyl (C=O) groups is 2. The van der Waals surface area contributed by atoms with Gasteiger partial charge in [0.1, 0.15) is 5.82 Å². The van der Waals surface area contributed by atoms with Gasteiger partial charge < -0.3 is 15.0 Å². The number of amides is 2. The summed E-state index contributed by atoms with van der Waals surface area (Å²) in [6.07, 6.45) is 2.02. The third kappa shape index (κ3) is 5.18. The first-order valence-corrected chi connectivity index (χ1v) is 11.7. The van der Waals surface area contributed by atoms with Crippen LogP contribution >= 0.6 is 0 Å². The lowest BCUT2D eigenvalue weighted by Gasteiger charge is -2.31. The average molecular weight is 468 g/mol. The van der Waals surface area contributed by atoms with E-state index in [9.17, 15) is 14.0 Å². The van der Waals surface area contributed by atoms with Crippen molar-refractivity contribution in [2.24, 2.45) is 0 Å². The Morgan fingerprint density at radius 1 is 1.21 bits per heavy atom. The number of nitrogens with zero attached hydrogens (tertiary/aromatic N) is 4. The number of halogens is 1. The number of likely N-dealkylation sites (tertiary alicyclic amines) is 1. The number of ether oxygens (including phenoxy) is 1. The fourth-order valence-corrected chi connectivity index (χ4v) is 4.44. The van der Waals surface area contributed by atoms with Gasteiger partial charge in [0.05, 0.1) is 12.3 Å². The van der Waals surface area contributed by atoms with Crippen molar-refractivity contribution in [1.82, 2.24) is 24.8 Å². The van der Waals surface area contributed by atoms with Crippen molar-refractivity contribution < 1.29 is 18.7 Å². The smallest absolute Gasteiger partial charge is 0.409 e. The van der Waals surface area contributed by atoms with E-state index in [1.54, 1.807) is 22.4 Å². The van der Waals surface area contributed by atoms with Crippen LogP contribution in [0.3, 0.4) is 0 Å². The summed E-state index contributed by atoms with van der Waals surface area (Å²) < 4.78 is 20.4. The molecule has 180 valence electrons. The van der Waals surface area contributed by atoms with E-state index in [2.05, 4.69) is 15.4 Å². The molecule has 0 spiro atoms. The minimum absolute atomic E-state index is 0.0191. The van der Waals surface area contributed by atoms with E-state index in [4.69, 9.17) is 4.74 Å². The van der Waals surface area contributed by atoms with Gasteiger partial charge in [0.15, 0.2) is 5.65 Å². The Labute approximate surface area is 198 Å². The van der Waals surface area contributed by atoms with Gasteiger partial charge in [0, 0.05) is 48.6 Å². The molecule has 9 heteroatoms. The molecule has 1 fully saturated rings. The number of rotatable bonds is 6. The summed E-state index contributed by atoms with van der Waals surface area (Å²) >= 11 is 0. The Balaban J connectivity index is 1.38. The molecule has 1 aliphatic rings. The van der Waals surface area contributed by atoms with E-state index < -0.39 is 0 Å². The predicted octanol–water partition coefficient (Wildman–Crippen LogP) is 3.82. The number of nitrogens with one attached hydrogen (secondary N) is 1. The summed E-state index contributed by atoms with van der Waals surface area (Å²) in [5.74, 6) is -0.330. The molecule has 1 aliphatic heterocycles. The monoisotopic (exact) mass is 467 g/mol. The molecular formula is C25H30FN5O3. The highest BCUT2D eigenvalue weighted by atomic mass is 19.1. The molecule has 0 radical (unpaired) electrons. The highest BCUT2D eigenvalue weighted by Crippen LogP contribution is 2.23. The maximum absolute atomic E-state index is 13.6. The topological polar surface area (TPSA) is 88.8 Å². The van der Waals surface area contributed by atoms with E-state index in [0.29, 0.717) is 62.3 Å². The molecule has 0 saturated carbocycles. The second kappa shape index (κ2) is 10.2. The molecule has 0 bridgehead atoms. The fourth-order valence-electron chi connectivity index (χ4n) is 4.44. The molecule has 8 nitrogen and oxygen atoms in total. The molecule has 1 aromatic carbocycles. The van der Waals surface area contributed by atoms with Gasteiger partial charge in [-0.05, 0) is 57.7 Å². The van der Waals surface area contributed by atoms with Crippen LogP contribution in [0.5, 0.6) is 0 Å². The van der Waals surface area contributed by atoms with Crippen LogP contribution < -0.4 is 5.32 Å². The summed E-state index contributed by atoms with van der Waals surface area (Å²) in [4.78, 5) is 30.8. The Kier molecular flexibility index (Phi) is 7.09. The first-order chi connectivity index (χ1) is 16.4. The number of aryl methyl sites for hydroxylation is 2. The van der Waals surface area contributed by atoms with E-state index in [1.165, 1.54) is 12.1 Å². The first kappa shape index (κ1) is 23.7. The molecule has 34 heavy (non-hydrogen) atoms. The van der Waals surface area contributed by atoms with Crippen LogP contribution in [0, 0.1) is 19.7 Å². The molecule has 2 aromatic heterocycles. The van der Waals surface area contributed by atoms with Crippen molar-refractivity contribution in [3.63, 3.8) is 0 Å². The second-order valence-corrected chi connectivity index (χ2v) is 8.60. The molecule has 0 atom stereocenters. The molecule has 1 saturated heterocycles. The lowest BCUT2D eigenvalue weighted by Crippen LogP contribution is -2.46. The number of piperidine rings is 1. The standard InChI is InChI=1S/C25H30FN5O3/c1-4-34-25(33)30-12-10-20(11-13-30)28-24(32)9-8-21-16(2)27-23-15-22(29-31(23)17(21)3)18-6-5-7-19(26)14-18/h5-7,14-15,20H,4,8-13H2,1-3H3,(H,28,32). The van der Waals surface area contributed by atoms with Gasteiger partial charge in [0.25, 0.3) is 0 Å². The van der Waals surface area contributed by atoms with Gasteiger partial charge in [-0.15, -0.1) is 0 Å². The second-order valence-electron chi connectivity index (χ2n) is 8.60. The normalized spacial score (nSPS) is 14.4. The Morgan fingerprint density at radius 2 is 1.97 bits per heavy atom. The van der Waals surface area contributed by atoms with Crippen LogP contribution in [0.4, 0.5) is 9.18 Å². The van der Waals surface area contributed by atoms with Crippen molar-refractivity contribution in [2.45, 2.75) is 52.5 Å². The number of carbonyl (C=O) groups excluding carboxylic acids is 2. The zero-order chi connectivity index (χ0) is 24.2. The van der Waals surface area contributed by atoms with Crippen LogP contribution in [0.15, 0.2) is 30.3 Å². The molecular weight excluding hydrogens is 437 g/mol. The Morgan fingerprint density at radius 3 is 2.68 bits per heavy atom. The summed E-state index contributed by atoms with van der Waals surface area (Å²) in [6.45, 7) is 7.20. The number of fused-ring (bicyclic) bond motifs is 1. The van der Waals surface area contributed by atoms with Crippen LogP contribution in [0.25, 0.3) is 16.9 Å². The highest BCUT2D eigenvalue weighted by Gasteiger charge is 2.24. The molecule has 0 aliphatic carbocycles. The summed E-state index contributed by atoms with van der Waals surface area (Å²) in [5.41, 5.74) is 4.78. The van der Waals surface area contributed by atoms with E-state index >= 15 is 0 Å². The number of benzene rings is 1. The molecule has 3 heterocycles. The SMILES string of the molecule is CCOC(=O)N1CCC(NC(=O)CCc2c(C)nc3cc(-c4cccc(F)c4)nn3c2C)CC1.